The van der Waals surface area contributed by atoms with Gasteiger partial charge >= 0.3 is 0 Å². The minimum atomic E-state index is -0.316. The zero-order chi connectivity index (χ0) is 16.8. The Labute approximate surface area is 136 Å². The molecule has 0 spiro atoms. The number of amides is 1. The van der Waals surface area contributed by atoms with Crippen LogP contribution >= 0.6 is 0 Å². The summed E-state index contributed by atoms with van der Waals surface area (Å²) in [5, 5.41) is 15.7. The summed E-state index contributed by atoms with van der Waals surface area (Å²) in [7, 11) is 1.90. The standard InChI is InChI=1S/C17H23N3O3/c1-4-12(2)15-11-16(23-19-15)17(22)18-13-5-7-14(8-6-13)20(3)9-10-21/h5-8,11-12,21H,4,9-10H2,1-3H3,(H,18,22). The van der Waals surface area contributed by atoms with Gasteiger partial charge in [-0.2, -0.15) is 0 Å². The first-order valence-corrected chi connectivity index (χ1v) is 7.75. The van der Waals surface area contributed by atoms with Crippen LogP contribution in [0.2, 0.25) is 0 Å². The topological polar surface area (TPSA) is 78.6 Å². The van der Waals surface area contributed by atoms with Gasteiger partial charge in [0.25, 0.3) is 5.91 Å². The van der Waals surface area contributed by atoms with Crippen molar-refractivity contribution in [2.45, 2.75) is 26.2 Å². The number of nitrogens with zero attached hydrogens (tertiary/aromatic N) is 2. The Morgan fingerprint density at radius 1 is 1.39 bits per heavy atom. The second-order valence-corrected chi connectivity index (χ2v) is 5.57. The molecule has 0 saturated carbocycles. The molecule has 2 N–H and O–H groups in total. The molecule has 1 heterocycles. The van der Waals surface area contributed by atoms with Crippen LogP contribution in [0.25, 0.3) is 0 Å². The lowest BCUT2D eigenvalue weighted by atomic mass is 10.1. The van der Waals surface area contributed by atoms with Gasteiger partial charge in [-0.3, -0.25) is 4.79 Å². The maximum absolute atomic E-state index is 12.2. The highest BCUT2D eigenvalue weighted by molar-refractivity contribution is 6.02. The monoisotopic (exact) mass is 317 g/mol. The third-order valence-electron chi connectivity index (χ3n) is 3.87. The molecule has 1 aromatic heterocycles. The molecule has 0 saturated heterocycles. The van der Waals surface area contributed by atoms with Gasteiger partial charge < -0.3 is 19.8 Å². The lowest BCUT2D eigenvalue weighted by Gasteiger charge is -2.18. The molecule has 0 fully saturated rings. The summed E-state index contributed by atoms with van der Waals surface area (Å²) in [6, 6.07) is 9.08. The first-order valence-electron chi connectivity index (χ1n) is 7.75. The normalized spacial score (nSPS) is 12.0. The van der Waals surface area contributed by atoms with Crippen LogP contribution in [0, 0.1) is 0 Å². The molecule has 124 valence electrons. The number of aromatic nitrogens is 1. The van der Waals surface area contributed by atoms with Crippen LogP contribution in [0.1, 0.15) is 42.4 Å². The maximum atomic E-state index is 12.2. The summed E-state index contributed by atoms with van der Waals surface area (Å²) in [4.78, 5) is 14.1. The Bertz CT molecular complexity index is 637. The van der Waals surface area contributed by atoms with Gasteiger partial charge in [0, 0.05) is 37.0 Å². The van der Waals surface area contributed by atoms with E-state index in [1.54, 1.807) is 6.07 Å². The van der Waals surface area contributed by atoms with Gasteiger partial charge in [-0.05, 0) is 30.7 Å². The number of benzene rings is 1. The van der Waals surface area contributed by atoms with Gasteiger partial charge in [-0.25, -0.2) is 0 Å². The van der Waals surface area contributed by atoms with Crippen molar-refractivity contribution in [1.29, 1.82) is 0 Å². The van der Waals surface area contributed by atoms with E-state index in [1.165, 1.54) is 0 Å². The highest BCUT2D eigenvalue weighted by Gasteiger charge is 2.16. The van der Waals surface area contributed by atoms with Crippen LogP contribution in [-0.2, 0) is 0 Å². The molecule has 6 heteroatoms. The molecule has 6 nitrogen and oxygen atoms in total. The predicted molar refractivity (Wildman–Crippen MR) is 90.0 cm³/mol. The van der Waals surface area contributed by atoms with Gasteiger partial charge in [0.1, 0.15) is 0 Å². The highest BCUT2D eigenvalue weighted by Crippen LogP contribution is 2.20. The lowest BCUT2D eigenvalue weighted by Crippen LogP contribution is -2.21. The lowest BCUT2D eigenvalue weighted by molar-refractivity contribution is 0.0988. The van der Waals surface area contributed by atoms with E-state index in [1.807, 2.05) is 43.1 Å². The van der Waals surface area contributed by atoms with E-state index in [2.05, 4.69) is 17.4 Å². The van der Waals surface area contributed by atoms with Gasteiger partial charge in [0.15, 0.2) is 0 Å². The third kappa shape index (κ3) is 4.32. The molecule has 0 aliphatic carbocycles. The molecule has 1 aromatic carbocycles. The van der Waals surface area contributed by atoms with Crippen LogP contribution in [-0.4, -0.2) is 36.4 Å². The molecule has 2 aromatic rings. The molecule has 0 bridgehead atoms. The summed E-state index contributed by atoms with van der Waals surface area (Å²) >= 11 is 0. The van der Waals surface area contributed by atoms with Crippen molar-refractivity contribution in [2.24, 2.45) is 0 Å². The Balaban J connectivity index is 2.01. The summed E-state index contributed by atoms with van der Waals surface area (Å²) in [5.41, 5.74) is 2.44. The first-order chi connectivity index (χ1) is 11.0. The van der Waals surface area contributed by atoms with Gasteiger partial charge in [0.05, 0.1) is 12.3 Å². The summed E-state index contributed by atoms with van der Waals surface area (Å²) in [6.07, 6.45) is 0.941. The van der Waals surface area contributed by atoms with Crippen molar-refractivity contribution in [3.63, 3.8) is 0 Å². The molecule has 0 aliphatic rings. The molecule has 0 aliphatic heterocycles. The maximum Gasteiger partial charge on any atom is 0.294 e. The van der Waals surface area contributed by atoms with Gasteiger partial charge in [-0.1, -0.05) is 19.0 Å². The van der Waals surface area contributed by atoms with E-state index in [9.17, 15) is 4.79 Å². The van der Waals surface area contributed by atoms with E-state index in [0.717, 1.165) is 17.8 Å². The average molecular weight is 317 g/mol. The van der Waals surface area contributed by atoms with E-state index in [-0.39, 0.29) is 24.2 Å². The minimum Gasteiger partial charge on any atom is -0.395 e. The molecule has 0 radical (unpaired) electrons. The van der Waals surface area contributed by atoms with Crippen molar-refractivity contribution in [1.82, 2.24) is 5.16 Å². The largest absolute Gasteiger partial charge is 0.395 e. The number of carbonyl (C=O) groups is 1. The number of rotatable bonds is 7. The van der Waals surface area contributed by atoms with Crippen molar-refractivity contribution in [3.05, 3.63) is 41.8 Å². The van der Waals surface area contributed by atoms with Crippen LogP contribution in [0.3, 0.4) is 0 Å². The number of aliphatic hydroxyl groups excluding tert-OH is 1. The van der Waals surface area contributed by atoms with E-state index >= 15 is 0 Å². The number of hydrogen-bond acceptors (Lipinski definition) is 5. The van der Waals surface area contributed by atoms with E-state index < -0.39 is 0 Å². The molecular formula is C17H23N3O3. The van der Waals surface area contributed by atoms with Crippen LogP contribution in [0.15, 0.2) is 34.9 Å². The number of nitrogens with one attached hydrogen (secondary N) is 1. The molecule has 23 heavy (non-hydrogen) atoms. The van der Waals surface area contributed by atoms with E-state index in [4.69, 9.17) is 9.63 Å². The van der Waals surface area contributed by atoms with Crippen molar-refractivity contribution >= 4 is 17.3 Å². The van der Waals surface area contributed by atoms with Crippen molar-refractivity contribution in [2.75, 3.05) is 30.4 Å². The number of carbonyl (C=O) groups excluding carboxylic acids is 1. The summed E-state index contributed by atoms with van der Waals surface area (Å²) < 4.78 is 5.12. The van der Waals surface area contributed by atoms with Crippen molar-refractivity contribution in [3.8, 4) is 0 Å². The Morgan fingerprint density at radius 3 is 2.70 bits per heavy atom. The molecule has 1 atom stereocenters. The van der Waals surface area contributed by atoms with Crippen LogP contribution in [0.4, 0.5) is 11.4 Å². The highest BCUT2D eigenvalue weighted by atomic mass is 16.5. The zero-order valence-corrected chi connectivity index (χ0v) is 13.7. The molecule has 2 rings (SSSR count). The average Bonchev–Trinajstić information content (AvgIpc) is 3.05. The predicted octanol–water partition coefficient (Wildman–Crippen LogP) is 2.87. The summed E-state index contributed by atoms with van der Waals surface area (Å²) in [5.74, 6) is 0.159. The quantitative estimate of drug-likeness (QED) is 0.821. The Kier molecular flexibility index (Phi) is 5.76. The van der Waals surface area contributed by atoms with Gasteiger partial charge in [0.2, 0.25) is 5.76 Å². The fourth-order valence-electron chi connectivity index (χ4n) is 2.11. The van der Waals surface area contributed by atoms with Crippen LogP contribution in [0.5, 0.6) is 0 Å². The number of hydrogen-bond donors (Lipinski definition) is 2. The number of likely N-dealkylation sites (N-methyl/N-ethyl adjacent to an activating group) is 1. The molecule has 1 amide bonds. The Morgan fingerprint density at radius 2 is 2.09 bits per heavy atom. The Hall–Kier alpha value is -2.34. The second-order valence-electron chi connectivity index (χ2n) is 5.57. The molecular weight excluding hydrogens is 294 g/mol. The fourth-order valence-corrected chi connectivity index (χ4v) is 2.11. The minimum absolute atomic E-state index is 0.0962. The number of aliphatic hydroxyl groups is 1. The zero-order valence-electron chi connectivity index (χ0n) is 13.7. The molecule has 1 unspecified atom stereocenters. The van der Waals surface area contributed by atoms with E-state index in [0.29, 0.717) is 12.2 Å². The summed E-state index contributed by atoms with van der Waals surface area (Å²) in [6.45, 7) is 4.76. The smallest absolute Gasteiger partial charge is 0.294 e. The third-order valence-corrected chi connectivity index (χ3v) is 3.87. The van der Waals surface area contributed by atoms with Crippen LogP contribution < -0.4 is 10.2 Å². The fraction of sp³-hybridized carbons (Fsp3) is 0.412. The first kappa shape index (κ1) is 17.0. The van der Waals surface area contributed by atoms with Gasteiger partial charge in [-0.15, -0.1) is 0 Å². The SMILES string of the molecule is CCC(C)c1cc(C(=O)Nc2ccc(N(C)CCO)cc2)on1. The van der Waals surface area contributed by atoms with Crippen molar-refractivity contribution < 1.29 is 14.4 Å². The number of anilines is 2. The second kappa shape index (κ2) is 7.78.